The van der Waals surface area contributed by atoms with E-state index in [1.54, 1.807) is 0 Å². The average Bonchev–Trinajstić information content (AvgIpc) is 2.57. The van der Waals surface area contributed by atoms with Gasteiger partial charge in [-0.25, -0.2) is 4.98 Å². The number of hydrogen-bond donors (Lipinski definition) is 1. The van der Waals surface area contributed by atoms with E-state index < -0.39 is 0 Å². The Morgan fingerprint density at radius 2 is 1.94 bits per heavy atom. The van der Waals surface area contributed by atoms with Gasteiger partial charge in [-0.05, 0) is 12.8 Å². The number of hydrogen-bond acceptors (Lipinski definition) is 3. The zero-order valence-corrected chi connectivity index (χ0v) is 10.4. The monoisotopic (exact) mass is 253 g/mol. The van der Waals surface area contributed by atoms with Crippen LogP contribution in [0.1, 0.15) is 49.0 Å². The van der Waals surface area contributed by atoms with Crippen molar-refractivity contribution >= 4 is 17.5 Å². The van der Waals surface area contributed by atoms with Crippen LogP contribution in [0.25, 0.3) is 0 Å². The van der Waals surface area contributed by atoms with E-state index in [4.69, 9.17) is 11.6 Å². The first-order valence-corrected chi connectivity index (χ1v) is 6.42. The van der Waals surface area contributed by atoms with E-state index in [2.05, 4.69) is 15.3 Å². The van der Waals surface area contributed by atoms with E-state index in [0.717, 1.165) is 12.8 Å². The molecule has 0 aromatic carbocycles. The molecule has 1 heterocycles. The van der Waals surface area contributed by atoms with Crippen molar-refractivity contribution in [2.75, 3.05) is 0 Å². The first kappa shape index (κ1) is 12.3. The highest BCUT2D eigenvalue weighted by Crippen LogP contribution is 2.17. The molecule has 0 unspecified atom stereocenters. The highest BCUT2D eigenvalue weighted by molar-refractivity contribution is 6.29. The van der Waals surface area contributed by atoms with Gasteiger partial charge in [-0.3, -0.25) is 9.78 Å². The van der Waals surface area contributed by atoms with Crippen molar-refractivity contribution < 1.29 is 4.79 Å². The minimum absolute atomic E-state index is 0.174. The summed E-state index contributed by atoms with van der Waals surface area (Å²) in [7, 11) is 0. The molecule has 4 nitrogen and oxygen atoms in total. The predicted molar refractivity (Wildman–Crippen MR) is 66.0 cm³/mol. The second-order valence-electron chi connectivity index (χ2n) is 4.39. The summed E-state index contributed by atoms with van der Waals surface area (Å²) in [6.45, 7) is 0. The summed E-state index contributed by atoms with van der Waals surface area (Å²) in [5, 5.41) is 3.25. The van der Waals surface area contributed by atoms with Crippen LogP contribution >= 0.6 is 11.6 Å². The molecular formula is C12H16ClN3O. The van der Waals surface area contributed by atoms with Gasteiger partial charge < -0.3 is 5.32 Å². The van der Waals surface area contributed by atoms with Crippen molar-refractivity contribution in [1.29, 1.82) is 0 Å². The van der Waals surface area contributed by atoms with E-state index in [1.807, 2.05) is 0 Å². The molecule has 0 aliphatic heterocycles. The van der Waals surface area contributed by atoms with E-state index in [0.29, 0.717) is 5.69 Å². The summed E-state index contributed by atoms with van der Waals surface area (Å²) in [5.41, 5.74) is 0.293. The Kier molecular flexibility index (Phi) is 4.31. The summed E-state index contributed by atoms with van der Waals surface area (Å²) in [4.78, 5) is 19.7. The number of carbonyl (C=O) groups excluding carboxylic acids is 1. The van der Waals surface area contributed by atoms with Crippen LogP contribution in [0.2, 0.25) is 5.15 Å². The Hall–Kier alpha value is -1.16. The van der Waals surface area contributed by atoms with Crippen molar-refractivity contribution in [3.05, 3.63) is 23.2 Å². The number of nitrogens with one attached hydrogen (secondary N) is 1. The lowest BCUT2D eigenvalue weighted by Crippen LogP contribution is -2.34. The maximum atomic E-state index is 11.9. The third-order valence-corrected chi connectivity index (χ3v) is 3.21. The van der Waals surface area contributed by atoms with Gasteiger partial charge in [0.2, 0.25) is 0 Å². The maximum Gasteiger partial charge on any atom is 0.271 e. The molecule has 0 radical (unpaired) electrons. The Balaban J connectivity index is 1.96. The van der Waals surface area contributed by atoms with Crippen LogP contribution in [0.3, 0.4) is 0 Å². The summed E-state index contributed by atoms with van der Waals surface area (Å²) >= 11 is 5.70. The Bertz CT molecular complexity index is 389. The van der Waals surface area contributed by atoms with Crippen LogP contribution in [-0.2, 0) is 0 Å². The molecule has 1 aliphatic carbocycles. The van der Waals surface area contributed by atoms with Gasteiger partial charge in [0.15, 0.2) is 0 Å². The fourth-order valence-electron chi connectivity index (χ4n) is 2.13. The van der Waals surface area contributed by atoms with Crippen molar-refractivity contribution in [2.45, 2.75) is 44.6 Å². The van der Waals surface area contributed by atoms with Gasteiger partial charge in [-0.2, -0.15) is 0 Å². The molecule has 17 heavy (non-hydrogen) atoms. The lowest BCUT2D eigenvalue weighted by Gasteiger charge is -2.15. The van der Waals surface area contributed by atoms with Gasteiger partial charge in [0.1, 0.15) is 10.8 Å². The number of aromatic nitrogens is 2. The fourth-order valence-corrected chi connectivity index (χ4v) is 2.28. The Labute approximate surface area is 106 Å². The molecule has 1 saturated carbocycles. The highest BCUT2D eigenvalue weighted by Gasteiger charge is 2.16. The normalized spacial score (nSPS) is 17.5. The van der Waals surface area contributed by atoms with Crippen LogP contribution in [0.5, 0.6) is 0 Å². The van der Waals surface area contributed by atoms with Crippen LogP contribution < -0.4 is 5.32 Å². The topological polar surface area (TPSA) is 54.9 Å². The van der Waals surface area contributed by atoms with Crippen molar-refractivity contribution in [3.8, 4) is 0 Å². The number of carbonyl (C=O) groups is 1. The van der Waals surface area contributed by atoms with E-state index in [9.17, 15) is 4.79 Å². The SMILES string of the molecule is O=C(NC1CCCCCC1)c1cncc(Cl)n1. The average molecular weight is 254 g/mol. The van der Waals surface area contributed by atoms with Gasteiger partial charge >= 0.3 is 0 Å². The summed E-state index contributed by atoms with van der Waals surface area (Å²) in [6.07, 6.45) is 9.88. The number of nitrogens with zero attached hydrogens (tertiary/aromatic N) is 2. The molecule has 0 bridgehead atoms. The molecule has 2 rings (SSSR count). The molecule has 1 aromatic heterocycles. The van der Waals surface area contributed by atoms with Gasteiger partial charge in [0, 0.05) is 6.04 Å². The van der Waals surface area contributed by atoms with Gasteiger partial charge in [0.05, 0.1) is 12.4 Å². The standard InChI is InChI=1S/C12H16ClN3O/c13-11-8-14-7-10(16-11)12(17)15-9-5-3-1-2-4-6-9/h7-9H,1-6H2,(H,15,17). The molecule has 1 amide bonds. The second kappa shape index (κ2) is 5.96. The maximum absolute atomic E-state index is 11.9. The lowest BCUT2D eigenvalue weighted by molar-refractivity contribution is 0.0928. The van der Waals surface area contributed by atoms with Crippen LogP contribution in [0, 0.1) is 0 Å². The molecule has 0 saturated heterocycles. The van der Waals surface area contributed by atoms with E-state index in [-0.39, 0.29) is 17.1 Å². The summed E-state index contributed by atoms with van der Waals surface area (Å²) < 4.78 is 0. The minimum Gasteiger partial charge on any atom is -0.348 e. The van der Waals surface area contributed by atoms with Crippen molar-refractivity contribution in [2.24, 2.45) is 0 Å². The molecule has 1 aliphatic rings. The number of rotatable bonds is 2. The minimum atomic E-state index is -0.174. The van der Waals surface area contributed by atoms with Crippen molar-refractivity contribution in [1.82, 2.24) is 15.3 Å². The summed E-state index contributed by atoms with van der Waals surface area (Å²) in [5.74, 6) is -0.174. The van der Waals surface area contributed by atoms with Gasteiger partial charge in [-0.1, -0.05) is 37.3 Å². The smallest absolute Gasteiger partial charge is 0.271 e. The molecule has 1 N–H and O–H groups in total. The largest absolute Gasteiger partial charge is 0.348 e. The molecule has 1 fully saturated rings. The van der Waals surface area contributed by atoms with Crippen molar-refractivity contribution in [3.63, 3.8) is 0 Å². The molecule has 1 aromatic rings. The van der Waals surface area contributed by atoms with Gasteiger partial charge in [0.25, 0.3) is 5.91 Å². The van der Waals surface area contributed by atoms with Crippen LogP contribution in [0.4, 0.5) is 0 Å². The van der Waals surface area contributed by atoms with Crippen LogP contribution in [0.15, 0.2) is 12.4 Å². The predicted octanol–water partition coefficient (Wildman–Crippen LogP) is 2.58. The quantitative estimate of drug-likeness (QED) is 0.825. The third kappa shape index (κ3) is 3.66. The Morgan fingerprint density at radius 1 is 1.24 bits per heavy atom. The molecule has 5 heteroatoms. The second-order valence-corrected chi connectivity index (χ2v) is 4.78. The first-order chi connectivity index (χ1) is 8.25. The van der Waals surface area contributed by atoms with Crippen LogP contribution in [-0.4, -0.2) is 21.9 Å². The third-order valence-electron chi connectivity index (χ3n) is 3.03. The first-order valence-electron chi connectivity index (χ1n) is 6.04. The molecule has 92 valence electrons. The molecule has 0 spiro atoms. The highest BCUT2D eigenvalue weighted by atomic mass is 35.5. The number of amides is 1. The van der Waals surface area contributed by atoms with E-state index in [1.165, 1.54) is 38.1 Å². The lowest BCUT2D eigenvalue weighted by atomic mass is 10.1. The number of halogens is 1. The molecule has 0 atom stereocenters. The zero-order valence-electron chi connectivity index (χ0n) is 9.66. The zero-order chi connectivity index (χ0) is 12.1. The molecular weight excluding hydrogens is 238 g/mol. The van der Waals surface area contributed by atoms with Gasteiger partial charge in [-0.15, -0.1) is 0 Å². The summed E-state index contributed by atoms with van der Waals surface area (Å²) in [6, 6.07) is 0.269. The Morgan fingerprint density at radius 3 is 2.59 bits per heavy atom. The fraction of sp³-hybridized carbons (Fsp3) is 0.583. The van der Waals surface area contributed by atoms with E-state index >= 15 is 0 Å².